The molecule has 5 heteroatoms. The zero-order chi connectivity index (χ0) is 13.3. The molecule has 1 aromatic heterocycles. The van der Waals surface area contributed by atoms with Crippen LogP contribution in [0.15, 0.2) is 33.2 Å². The summed E-state index contributed by atoms with van der Waals surface area (Å²) in [6, 6.07) is 7.53. The Kier molecular flexibility index (Phi) is 4.02. The van der Waals surface area contributed by atoms with Crippen LogP contribution in [-0.2, 0) is 13.5 Å². The normalized spacial score (nSPS) is 10.7. The van der Waals surface area contributed by atoms with Gasteiger partial charge < -0.3 is 0 Å². The van der Waals surface area contributed by atoms with E-state index in [1.54, 1.807) is 4.68 Å². The van der Waals surface area contributed by atoms with Crippen LogP contribution in [0.5, 0.6) is 0 Å². The van der Waals surface area contributed by atoms with Gasteiger partial charge in [-0.2, -0.15) is 5.10 Å². The van der Waals surface area contributed by atoms with Crippen molar-refractivity contribution in [2.45, 2.75) is 13.3 Å². The lowest BCUT2D eigenvalue weighted by Gasteiger charge is -2.05. The van der Waals surface area contributed by atoms with Crippen molar-refractivity contribution in [3.8, 4) is 0 Å². The summed E-state index contributed by atoms with van der Waals surface area (Å²) in [7, 11) is 1.85. The van der Waals surface area contributed by atoms with E-state index >= 15 is 0 Å². The number of hydrogen-bond donors (Lipinski definition) is 0. The first-order valence-electron chi connectivity index (χ1n) is 5.45. The average molecular weight is 372 g/mol. The Balaban J connectivity index is 2.27. The molecule has 0 amide bonds. The van der Waals surface area contributed by atoms with Gasteiger partial charge in [0.1, 0.15) is 0 Å². The van der Waals surface area contributed by atoms with Gasteiger partial charge in [0, 0.05) is 27.3 Å². The highest BCUT2D eigenvalue weighted by Crippen LogP contribution is 2.23. The van der Waals surface area contributed by atoms with Crippen molar-refractivity contribution in [3.63, 3.8) is 0 Å². The van der Waals surface area contributed by atoms with Gasteiger partial charge in [-0.25, -0.2) is 0 Å². The van der Waals surface area contributed by atoms with Crippen LogP contribution in [0.1, 0.15) is 21.7 Å². The van der Waals surface area contributed by atoms with E-state index in [0.717, 1.165) is 20.3 Å². The third-order valence-corrected chi connectivity index (χ3v) is 3.85. The van der Waals surface area contributed by atoms with E-state index in [1.165, 1.54) is 0 Å². The number of hydrogen-bond acceptors (Lipinski definition) is 2. The zero-order valence-electron chi connectivity index (χ0n) is 10.1. The fourth-order valence-electron chi connectivity index (χ4n) is 1.80. The van der Waals surface area contributed by atoms with Gasteiger partial charge in [0.25, 0.3) is 0 Å². The summed E-state index contributed by atoms with van der Waals surface area (Å²) in [4.78, 5) is 12.3. The van der Waals surface area contributed by atoms with E-state index in [9.17, 15) is 4.79 Å². The summed E-state index contributed by atoms with van der Waals surface area (Å²) in [6.45, 7) is 1.92. The molecule has 1 aromatic carbocycles. The monoisotopic (exact) mass is 370 g/mol. The quantitative estimate of drug-likeness (QED) is 0.771. The van der Waals surface area contributed by atoms with Gasteiger partial charge in [0.2, 0.25) is 0 Å². The maximum absolute atomic E-state index is 12.3. The molecule has 0 spiro atoms. The minimum Gasteiger partial charge on any atom is -0.294 e. The first-order chi connectivity index (χ1) is 8.47. The molecule has 0 saturated heterocycles. The van der Waals surface area contributed by atoms with Gasteiger partial charge in [-0.3, -0.25) is 9.48 Å². The number of aromatic nitrogens is 2. The molecule has 0 aliphatic carbocycles. The summed E-state index contributed by atoms with van der Waals surface area (Å²) in [5.74, 6) is 0.0752. The molecule has 0 fully saturated rings. The molecule has 2 rings (SSSR count). The minimum atomic E-state index is 0.0752. The fourth-order valence-corrected chi connectivity index (χ4v) is 2.63. The Hall–Kier alpha value is -0.940. The summed E-state index contributed by atoms with van der Waals surface area (Å²) in [6.07, 6.45) is 0.354. The van der Waals surface area contributed by atoms with Crippen molar-refractivity contribution in [2.24, 2.45) is 7.05 Å². The second-order valence-electron chi connectivity index (χ2n) is 4.12. The third kappa shape index (κ3) is 2.90. The summed E-state index contributed by atoms with van der Waals surface area (Å²) >= 11 is 6.78. The molecule has 0 aliphatic heterocycles. The molecular weight excluding hydrogens is 360 g/mol. The molecule has 94 valence electrons. The van der Waals surface area contributed by atoms with Crippen LogP contribution in [0.25, 0.3) is 0 Å². The van der Waals surface area contributed by atoms with E-state index in [-0.39, 0.29) is 5.78 Å². The molecule has 18 heavy (non-hydrogen) atoms. The van der Waals surface area contributed by atoms with Crippen molar-refractivity contribution >= 4 is 37.6 Å². The van der Waals surface area contributed by atoms with E-state index in [2.05, 4.69) is 37.0 Å². The second kappa shape index (κ2) is 5.36. The zero-order valence-corrected chi connectivity index (χ0v) is 13.2. The smallest absolute Gasteiger partial charge is 0.169 e. The van der Waals surface area contributed by atoms with E-state index in [1.807, 2.05) is 38.2 Å². The predicted molar refractivity (Wildman–Crippen MR) is 77.8 cm³/mol. The lowest BCUT2D eigenvalue weighted by molar-refractivity contribution is 0.0990. The number of ketones is 1. The lowest BCUT2D eigenvalue weighted by atomic mass is 10.1. The SMILES string of the molecule is Cc1cc(CC(=O)c2cc(Br)ccc2Br)n(C)n1. The van der Waals surface area contributed by atoms with Gasteiger partial charge in [0.15, 0.2) is 5.78 Å². The number of aryl methyl sites for hydroxylation is 2. The molecule has 1 heterocycles. The predicted octanol–water partition coefficient (Wildman–Crippen LogP) is 3.68. The minimum absolute atomic E-state index is 0.0752. The highest BCUT2D eigenvalue weighted by atomic mass is 79.9. The largest absolute Gasteiger partial charge is 0.294 e. The number of nitrogens with zero attached hydrogens (tertiary/aromatic N) is 2. The molecule has 0 atom stereocenters. The average Bonchev–Trinajstić information content (AvgIpc) is 2.61. The molecule has 2 aromatic rings. The number of benzene rings is 1. The van der Waals surface area contributed by atoms with Crippen molar-refractivity contribution in [3.05, 3.63) is 50.2 Å². The molecule has 0 radical (unpaired) electrons. The fraction of sp³-hybridized carbons (Fsp3) is 0.231. The van der Waals surface area contributed by atoms with E-state index in [4.69, 9.17) is 0 Å². The summed E-state index contributed by atoms with van der Waals surface area (Å²) in [5.41, 5.74) is 2.53. The van der Waals surface area contributed by atoms with Gasteiger partial charge in [-0.1, -0.05) is 31.9 Å². The van der Waals surface area contributed by atoms with Crippen LogP contribution >= 0.6 is 31.9 Å². The van der Waals surface area contributed by atoms with Crippen LogP contribution in [0.2, 0.25) is 0 Å². The standard InChI is InChI=1S/C13H12Br2N2O/c1-8-5-10(17(2)16-8)7-13(18)11-6-9(14)3-4-12(11)15/h3-6H,7H2,1-2H3. The van der Waals surface area contributed by atoms with Gasteiger partial charge in [-0.15, -0.1) is 0 Å². The summed E-state index contributed by atoms with van der Waals surface area (Å²) < 4.78 is 3.46. The maximum atomic E-state index is 12.3. The number of halogens is 2. The molecule has 3 nitrogen and oxygen atoms in total. The number of Topliss-reactive ketones (excluding diaryl/α,β-unsaturated/α-hetero) is 1. The Bertz CT molecular complexity index is 605. The van der Waals surface area contributed by atoms with Crippen molar-refractivity contribution < 1.29 is 4.79 Å². The first kappa shape index (κ1) is 13.5. The van der Waals surface area contributed by atoms with E-state index in [0.29, 0.717) is 12.0 Å². The molecule has 0 bridgehead atoms. The number of rotatable bonds is 3. The first-order valence-corrected chi connectivity index (χ1v) is 7.04. The highest BCUT2D eigenvalue weighted by Gasteiger charge is 2.13. The Morgan fingerprint density at radius 1 is 1.33 bits per heavy atom. The van der Waals surface area contributed by atoms with Crippen LogP contribution < -0.4 is 0 Å². The third-order valence-electron chi connectivity index (χ3n) is 2.67. The van der Waals surface area contributed by atoms with E-state index < -0.39 is 0 Å². The Morgan fingerprint density at radius 3 is 2.67 bits per heavy atom. The highest BCUT2D eigenvalue weighted by molar-refractivity contribution is 9.11. The maximum Gasteiger partial charge on any atom is 0.169 e. The van der Waals surface area contributed by atoms with Crippen molar-refractivity contribution in [1.82, 2.24) is 9.78 Å². The molecule has 0 unspecified atom stereocenters. The molecule has 0 saturated carbocycles. The van der Waals surface area contributed by atoms with Crippen LogP contribution in [-0.4, -0.2) is 15.6 Å². The molecule has 0 N–H and O–H groups in total. The number of carbonyl (C=O) groups excluding carboxylic acids is 1. The van der Waals surface area contributed by atoms with Crippen LogP contribution in [0, 0.1) is 6.92 Å². The number of carbonyl (C=O) groups is 1. The van der Waals surface area contributed by atoms with Gasteiger partial charge in [0.05, 0.1) is 12.1 Å². The topological polar surface area (TPSA) is 34.9 Å². The van der Waals surface area contributed by atoms with Crippen LogP contribution in [0.3, 0.4) is 0 Å². The van der Waals surface area contributed by atoms with Crippen molar-refractivity contribution in [2.75, 3.05) is 0 Å². The molecule has 0 aliphatic rings. The second-order valence-corrected chi connectivity index (χ2v) is 5.89. The van der Waals surface area contributed by atoms with Crippen LogP contribution in [0.4, 0.5) is 0 Å². The summed E-state index contributed by atoms with van der Waals surface area (Å²) in [5, 5.41) is 4.24. The Labute approximate surface area is 122 Å². The Morgan fingerprint density at radius 2 is 2.06 bits per heavy atom. The van der Waals surface area contributed by atoms with Crippen molar-refractivity contribution in [1.29, 1.82) is 0 Å². The molecular formula is C13H12Br2N2O. The van der Waals surface area contributed by atoms with Gasteiger partial charge in [-0.05, 0) is 31.2 Å². The lowest BCUT2D eigenvalue weighted by Crippen LogP contribution is -2.08. The van der Waals surface area contributed by atoms with Gasteiger partial charge >= 0.3 is 0 Å².